The summed E-state index contributed by atoms with van der Waals surface area (Å²) in [4.78, 5) is 21.7. The Labute approximate surface area is 140 Å². The molecule has 0 aliphatic rings. The molecule has 0 radical (unpaired) electrons. The molecule has 2 aromatic rings. The predicted molar refractivity (Wildman–Crippen MR) is 83.4 cm³/mol. The first-order chi connectivity index (χ1) is 11.8. The van der Waals surface area contributed by atoms with E-state index in [-0.39, 0.29) is 17.9 Å². The largest absolute Gasteiger partial charge is 0.458 e. The number of alkyl halides is 3. The first kappa shape index (κ1) is 18.2. The zero-order valence-electron chi connectivity index (χ0n) is 12.7. The van der Waals surface area contributed by atoms with Gasteiger partial charge in [-0.3, -0.25) is 10.1 Å². The second-order valence-electron chi connectivity index (χ2n) is 4.95. The van der Waals surface area contributed by atoms with Gasteiger partial charge >= 0.3 is 12.1 Å². The van der Waals surface area contributed by atoms with Gasteiger partial charge in [-0.1, -0.05) is 30.3 Å². The van der Waals surface area contributed by atoms with Gasteiger partial charge in [0.05, 0.1) is 10.5 Å². The fourth-order valence-electron chi connectivity index (χ4n) is 1.97. The number of carbonyl (C=O) groups is 1. The van der Waals surface area contributed by atoms with Crippen LogP contribution in [0.4, 0.5) is 18.9 Å². The summed E-state index contributed by atoms with van der Waals surface area (Å²) in [5, 5.41) is 10.5. The van der Waals surface area contributed by atoms with Crippen molar-refractivity contribution in [3.05, 3.63) is 81.9 Å². The first-order valence-electron chi connectivity index (χ1n) is 7.02. The summed E-state index contributed by atoms with van der Waals surface area (Å²) in [7, 11) is 0. The van der Waals surface area contributed by atoms with E-state index in [0.717, 1.165) is 0 Å². The van der Waals surface area contributed by atoms with Crippen molar-refractivity contribution >= 4 is 17.2 Å². The molecule has 0 saturated carbocycles. The monoisotopic (exact) mass is 351 g/mol. The van der Waals surface area contributed by atoms with Crippen molar-refractivity contribution in [2.24, 2.45) is 0 Å². The molecule has 2 rings (SSSR count). The van der Waals surface area contributed by atoms with E-state index >= 15 is 0 Å². The van der Waals surface area contributed by atoms with Crippen LogP contribution in [0.15, 0.2) is 60.7 Å². The smallest absolute Gasteiger partial charge is 0.417 e. The Balaban J connectivity index is 2.10. The molecule has 0 spiro atoms. The van der Waals surface area contributed by atoms with Crippen LogP contribution in [0, 0.1) is 10.1 Å². The molecular weight excluding hydrogens is 339 g/mol. The Hall–Kier alpha value is -3.16. The number of benzene rings is 2. The van der Waals surface area contributed by atoms with Crippen LogP contribution < -0.4 is 0 Å². The van der Waals surface area contributed by atoms with Crippen LogP contribution in [0.5, 0.6) is 0 Å². The second kappa shape index (κ2) is 7.61. The maximum atomic E-state index is 13.1. The molecule has 0 atom stereocenters. The van der Waals surface area contributed by atoms with E-state index in [1.807, 2.05) is 0 Å². The second-order valence-corrected chi connectivity index (χ2v) is 4.95. The number of esters is 1. The average Bonchev–Trinajstić information content (AvgIpc) is 2.58. The van der Waals surface area contributed by atoms with Crippen LogP contribution in [0.1, 0.15) is 11.1 Å². The van der Waals surface area contributed by atoms with Gasteiger partial charge < -0.3 is 4.74 Å². The Morgan fingerprint density at radius 2 is 1.68 bits per heavy atom. The summed E-state index contributed by atoms with van der Waals surface area (Å²) in [6.07, 6.45) is -4.32. The molecule has 0 aromatic heterocycles. The number of nitro benzene ring substituents is 1. The van der Waals surface area contributed by atoms with Crippen LogP contribution in [-0.4, -0.2) is 17.1 Å². The van der Waals surface area contributed by atoms with E-state index in [1.165, 1.54) is 48.5 Å². The van der Waals surface area contributed by atoms with Crippen molar-refractivity contribution in [3.8, 4) is 0 Å². The lowest BCUT2D eigenvalue weighted by molar-refractivity contribution is -0.384. The highest BCUT2D eigenvalue weighted by atomic mass is 19.4. The van der Waals surface area contributed by atoms with E-state index in [9.17, 15) is 28.1 Å². The van der Waals surface area contributed by atoms with E-state index in [2.05, 4.69) is 0 Å². The number of hydrogen-bond acceptors (Lipinski definition) is 4. The molecule has 0 unspecified atom stereocenters. The molecule has 8 heteroatoms. The lowest BCUT2D eigenvalue weighted by Gasteiger charge is -2.12. The molecule has 130 valence electrons. The van der Waals surface area contributed by atoms with Crippen molar-refractivity contribution in [3.63, 3.8) is 0 Å². The minimum Gasteiger partial charge on any atom is -0.458 e. The first-order valence-corrected chi connectivity index (χ1v) is 7.02. The van der Waals surface area contributed by atoms with Gasteiger partial charge in [0.15, 0.2) is 0 Å². The molecule has 0 fully saturated rings. The van der Waals surface area contributed by atoms with Crippen LogP contribution >= 0.6 is 0 Å². The lowest BCUT2D eigenvalue weighted by atomic mass is 10.1. The van der Waals surface area contributed by atoms with Gasteiger partial charge in [0.25, 0.3) is 5.69 Å². The summed E-state index contributed by atoms with van der Waals surface area (Å²) >= 11 is 0. The van der Waals surface area contributed by atoms with Gasteiger partial charge in [-0.15, -0.1) is 0 Å². The summed E-state index contributed by atoms with van der Waals surface area (Å²) < 4.78 is 44.1. The number of rotatable bonds is 5. The van der Waals surface area contributed by atoms with Gasteiger partial charge in [0.2, 0.25) is 0 Å². The number of nitro groups is 1. The van der Waals surface area contributed by atoms with E-state index in [1.54, 1.807) is 6.07 Å². The molecule has 0 bridgehead atoms. The Bertz CT molecular complexity index is 784. The van der Waals surface area contributed by atoms with E-state index in [0.29, 0.717) is 11.6 Å². The maximum absolute atomic E-state index is 13.1. The Morgan fingerprint density at radius 1 is 1.08 bits per heavy atom. The van der Waals surface area contributed by atoms with E-state index in [4.69, 9.17) is 4.74 Å². The minimum atomic E-state index is -4.71. The van der Waals surface area contributed by atoms with Crippen LogP contribution in [-0.2, 0) is 16.1 Å². The SMILES string of the molecule is O=C(/C=C(/c1ccccc1)C(F)(F)F)OCc1ccc([N+](=O)[O-])cc1. The number of non-ortho nitro benzene ring substituents is 1. The molecule has 2 aromatic carbocycles. The third-order valence-electron chi connectivity index (χ3n) is 3.18. The van der Waals surface area contributed by atoms with Crippen molar-refractivity contribution in [1.82, 2.24) is 0 Å². The molecular formula is C17H12F3NO4. The van der Waals surface area contributed by atoms with Crippen molar-refractivity contribution in [1.29, 1.82) is 0 Å². The summed E-state index contributed by atoms with van der Waals surface area (Å²) in [6.45, 7) is -0.298. The van der Waals surface area contributed by atoms with Gasteiger partial charge in [-0.25, -0.2) is 4.79 Å². The van der Waals surface area contributed by atoms with Gasteiger partial charge in [-0.2, -0.15) is 13.2 Å². The van der Waals surface area contributed by atoms with Crippen molar-refractivity contribution in [2.75, 3.05) is 0 Å². The highest BCUT2D eigenvalue weighted by Crippen LogP contribution is 2.33. The highest BCUT2D eigenvalue weighted by molar-refractivity contribution is 5.92. The van der Waals surface area contributed by atoms with Gasteiger partial charge in [0, 0.05) is 18.2 Å². The normalized spacial score (nSPS) is 11.9. The quantitative estimate of drug-likeness (QED) is 0.349. The van der Waals surface area contributed by atoms with Gasteiger partial charge in [0.1, 0.15) is 6.61 Å². The summed E-state index contributed by atoms with van der Waals surface area (Å²) in [5.74, 6) is -1.16. The minimum absolute atomic E-state index is 0.140. The third kappa shape index (κ3) is 5.17. The number of ether oxygens (including phenoxy) is 1. The topological polar surface area (TPSA) is 69.4 Å². The third-order valence-corrected chi connectivity index (χ3v) is 3.18. The maximum Gasteiger partial charge on any atom is 0.417 e. The molecule has 5 nitrogen and oxygen atoms in total. The standard InChI is InChI=1S/C17H12F3NO4/c18-17(19,20)15(13-4-2-1-3-5-13)10-16(22)25-11-12-6-8-14(9-7-12)21(23)24/h1-10H,11H2/b15-10-. The molecule has 0 saturated heterocycles. The van der Waals surface area contributed by atoms with Crippen molar-refractivity contribution in [2.45, 2.75) is 12.8 Å². The highest BCUT2D eigenvalue weighted by Gasteiger charge is 2.35. The molecule has 0 heterocycles. The molecule has 0 aliphatic carbocycles. The fraction of sp³-hybridized carbons (Fsp3) is 0.118. The predicted octanol–water partition coefficient (Wildman–Crippen LogP) is 4.28. The average molecular weight is 351 g/mol. The molecule has 25 heavy (non-hydrogen) atoms. The molecule has 0 aliphatic heterocycles. The molecule has 0 N–H and O–H groups in total. The lowest BCUT2D eigenvalue weighted by Crippen LogP contribution is -2.13. The number of nitrogens with zero attached hydrogens (tertiary/aromatic N) is 1. The number of allylic oxidation sites excluding steroid dienone is 1. The van der Waals surface area contributed by atoms with Crippen molar-refractivity contribution < 1.29 is 27.6 Å². The Morgan fingerprint density at radius 3 is 2.20 bits per heavy atom. The summed E-state index contributed by atoms with van der Waals surface area (Å²) in [6, 6.07) is 12.0. The number of hydrogen-bond donors (Lipinski definition) is 0. The fourth-order valence-corrected chi connectivity index (χ4v) is 1.97. The summed E-state index contributed by atoms with van der Waals surface area (Å²) in [5.41, 5.74) is -0.983. The van der Waals surface area contributed by atoms with Crippen LogP contribution in [0.3, 0.4) is 0 Å². The number of halogens is 3. The molecule has 0 amide bonds. The van der Waals surface area contributed by atoms with Crippen LogP contribution in [0.25, 0.3) is 5.57 Å². The zero-order chi connectivity index (χ0) is 18.4. The number of carbonyl (C=O) groups excluding carboxylic acids is 1. The van der Waals surface area contributed by atoms with Crippen LogP contribution in [0.2, 0.25) is 0 Å². The van der Waals surface area contributed by atoms with E-state index < -0.39 is 22.6 Å². The Kier molecular flexibility index (Phi) is 5.53. The van der Waals surface area contributed by atoms with Gasteiger partial charge in [-0.05, 0) is 23.3 Å². The zero-order valence-corrected chi connectivity index (χ0v) is 12.7.